The van der Waals surface area contributed by atoms with Gasteiger partial charge in [0.15, 0.2) is 0 Å². The number of benzene rings is 2. The molecule has 0 spiro atoms. The SMILES string of the molecule is CCCCCCCCCCCCCCCCOC(=O)Oc1ccc(COP(=O)(OCc2ccc(OC(=O)CCCC)cc2)OP(=O)(O)OP(=O)(O)OC[C@H]2O[C@@H](n3cc(Cl)c(=O)[nH]c3=O)C[C@@H]2F)cc1.N.N. The Morgan fingerprint density at radius 1 is 0.722 bits per heavy atom. The van der Waals surface area contributed by atoms with E-state index in [1.807, 2.05) is 11.9 Å². The van der Waals surface area contributed by atoms with E-state index in [2.05, 4.69) is 11.2 Å². The molecule has 3 unspecified atom stereocenters. The quantitative estimate of drug-likeness (QED) is 0.0122. The van der Waals surface area contributed by atoms with Gasteiger partial charge in [-0.05, 0) is 48.2 Å². The summed E-state index contributed by atoms with van der Waals surface area (Å²) in [4.78, 5) is 71.0. The number of phosphoric ester groups is 2. The lowest BCUT2D eigenvalue weighted by atomic mass is 10.0. The minimum absolute atomic E-state index is 0. The molecule has 22 nitrogen and oxygen atoms in total. The molecule has 3 aromatic rings. The Morgan fingerprint density at radius 3 is 1.75 bits per heavy atom. The van der Waals surface area contributed by atoms with Crippen molar-refractivity contribution in [3.8, 4) is 11.5 Å². The van der Waals surface area contributed by atoms with Gasteiger partial charge in [-0.2, -0.15) is 8.62 Å². The Morgan fingerprint density at radius 2 is 1.22 bits per heavy atom. The van der Waals surface area contributed by atoms with E-state index in [1.54, 1.807) is 0 Å². The van der Waals surface area contributed by atoms with E-state index in [9.17, 15) is 47.1 Å². The summed E-state index contributed by atoms with van der Waals surface area (Å²) in [7, 11) is -16.8. The number of halogens is 2. The van der Waals surface area contributed by atoms with Gasteiger partial charge < -0.3 is 41.0 Å². The molecule has 0 saturated carbocycles. The third-order valence-electron chi connectivity index (χ3n) is 10.7. The van der Waals surface area contributed by atoms with E-state index in [4.69, 9.17) is 48.4 Å². The number of nitrogens with one attached hydrogen (secondary N) is 1. The fourth-order valence-electron chi connectivity index (χ4n) is 6.93. The minimum Gasteiger partial charge on any atom is -0.434 e. The first-order valence-corrected chi connectivity index (χ1v) is 28.4. The van der Waals surface area contributed by atoms with Crippen molar-refractivity contribution in [2.24, 2.45) is 0 Å². The van der Waals surface area contributed by atoms with Gasteiger partial charge in [0.05, 0.1) is 26.4 Å². The average Bonchev–Trinajstić information content (AvgIpc) is 3.68. The third-order valence-corrected chi connectivity index (χ3v) is 15.6. The van der Waals surface area contributed by atoms with Crippen LogP contribution >= 0.6 is 35.1 Å². The van der Waals surface area contributed by atoms with Gasteiger partial charge in [-0.1, -0.05) is 140 Å². The molecule has 4 rings (SSSR count). The van der Waals surface area contributed by atoms with E-state index in [0.717, 1.165) is 36.4 Å². The number of esters is 1. The average molecular weight is 1100 g/mol. The number of aromatic nitrogens is 2. The molecule has 1 aliphatic heterocycles. The number of phosphoric acid groups is 3. The number of unbranched alkanes of at least 4 members (excludes halogenated alkanes) is 14. The van der Waals surface area contributed by atoms with Gasteiger partial charge in [-0.3, -0.25) is 32.7 Å². The van der Waals surface area contributed by atoms with Gasteiger partial charge in [-0.25, -0.2) is 27.7 Å². The summed E-state index contributed by atoms with van der Waals surface area (Å²) >= 11 is 5.77. The van der Waals surface area contributed by atoms with Gasteiger partial charge in [0.1, 0.15) is 35.0 Å². The van der Waals surface area contributed by atoms with E-state index in [0.29, 0.717) is 12.8 Å². The van der Waals surface area contributed by atoms with Crippen molar-refractivity contribution in [3.63, 3.8) is 0 Å². The van der Waals surface area contributed by atoms with Crippen molar-refractivity contribution in [2.75, 3.05) is 13.2 Å². The lowest BCUT2D eigenvalue weighted by Crippen LogP contribution is -2.32. The predicted molar refractivity (Wildman–Crippen MR) is 265 cm³/mol. The summed E-state index contributed by atoms with van der Waals surface area (Å²) < 4.78 is 101. The smallest absolute Gasteiger partial charge is 0.434 e. The zero-order valence-electron chi connectivity index (χ0n) is 40.9. The normalized spacial score (nSPS) is 17.9. The first kappa shape index (κ1) is 64.5. The van der Waals surface area contributed by atoms with Crippen LogP contribution in [-0.4, -0.2) is 57.0 Å². The van der Waals surface area contributed by atoms with E-state index in [1.165, 1.54) is 113 Å². The summed E-state index contributed by atoms with van der Waals surface area (Å²) in [6, 6.07) is 11.3. The maximum atomic E-state index is 14.9. The van der Waals surface area contributed by atoms with Crippen LogP contribution in [-0.2, 0) is 63.4 Å². The lowest BCUT2D eigenvalue weighted by molar-refractivity contribution is -0.134. The summed E-state index contributed by atoms with van der Waals surface area (Å²) in [5.41, 5.74) is -1.33. The monoisotopic (exact) mass is 1100 g/mol. The lowest BCUT2D eigenvalue weighted by Gasteiger charge is -2.22. The van der Waals surface area contributed by atoms with Gasteiger partial charge >= 0.3 is 41.3 Å². The second-order valence-electron chi connectivity index (χ2n) is 16.6. The predicted octanol–water partition coefficient (Wildman–Crippen LogP) is 12.0. The standard InChI is InChI=1S/C45H65ClFN2O18P3.2H3N/c1-3-5-7-8-9-10-11-12-13-14-15-16-17-18-28-59-45(53)64-37-26-22-35(23-27-37)32-62-70(58,61-31-34-20-24-36(25-21-34)63-42(50)19-6-4-2)67-69(56,57)66-68(54,55)60-33-40-39(47)29-41(65-40)49-30-38(46)43(51)48-44(49)52;;/h20-27,30,39-41H,3-19,28-29,31-33H2,1-2H3,(H,54,55)(H,56,57)(H,48,51,52);2*1H3/t39-,40+,41+,70?;;/m0../s1. The Hall–Kier alpha value is -3.63. The van der Waals surface area contributed by atoms with Gasteiger partial charge in [0, 0.05) is 19.0 Å². The van der Waals surface area contributed by atoms with Crippen molar-refractivity contribution < 1.29 is 78.6 Å². The second-order valence-corrected chi connectivity index (χ2v) is 21.8. The number of nitrogens with zero attached hydrogens (tertiary/aromatic N) is 1. The van der Waals surface area contributed by atoms with Crippen LogP contribution in [0.15, 0.2) is 64.3 Å². The Bertz CT molecular complexity index is 2350. The minimum atomic E-state index is -5.93. The zero-order chi connectivity index (χ0) is 51.0. The van der Waals surface area contributed by atoms with Crippen molar-refractivity contribution >= 4 is 47.2 Å². The Labute approximate surface area is 423 Å². The van der Waals surface area contributed by atoms with Crippen molar-refractivity contribution in [2.45, 2.75) is 161 Å². The molecule has 72 heavy (non-hydrogen) atoms. The molecule has 0 aliphatic carbocycles. The molecular weight excluding hydrogens is 1030 g/mol. The molecule has 1 saturated heterocycles. The molecule has 1 aliphatic rings. The van der Waals surface area contributed by atoms with Crippen LogP contribution in [0, 0.1) is 0 Å². The maximum Gasteiger partial charge on any atom is 0.513 e. The fourth-order valence-corrected chi connectivity index (χ4v) is 11.1. The van der Waals surface area contributed by atoms with E-state index in [-0.39, 0.29) is 48.0 Å². The number of rotatable bonds is 34. The van der Waals surface area contributed by atoms with Crippen LogP contribution in [0.3, 0.4) is 0 Å². The highest BCUT2D eigenvalue weighted by Gasteiger charge is 2.45. The number of aromatic amines is 1. The van der Waals surface area contributed by atoms with Crippen LogP contribution in [0.1, 0.15) is 147 Å². The summed E-state index contributed by atoms with van der Waals surface area (Å²) in [5, 5.41) is -0.402. The Balaban J connectivity index is 0.00000888. The molecule has 0 amide bonds. The number of carbonyl (C=O) groups is 2. The largest absolute Gasteiger partial charge is 0.513 e. The second kappa shape index (κ2) is 33.3. The summed E-state index contributed by atoms with van der Waals surface area (Å²) in [6.07, 6.45) is 13.0. The van der Waals surface area contributed by atoms with Gasteiger partial charge in [0.2, 0.25) is 0 Å². The van der Waals surface area contributed by atoms with Crippen molar-refractivity contribution in [1.29, 1.82) is 0 Å². The van der Waals surface area contributed by atoms with E-state index < -0.39 is 96.6 Å². The molecule has 2 aromatic carbocycles. The molecule has 27 heteroatoms. The zero-order valence-corrected chi connectivity index (χ0v) is 44.3. The number of ether oxygens (including phenoxy) is 4. The van der Waals surface area contributed by atoms with Gasteiger partial charge in [0.25, 0.3) is 5.56 Å². The van der Waals surface area contributed by atoms with Crippen molar-refractivity contribution in [1.82, 2.24) is 21.9 Å². The molecule has 6 atom stereocenters. The van der Waals surface area contributed by atoms with Crippen LogP contribution in [0.2, 0.25) is 5.02 Å². The highest BCUT2D eigenvalue weighted by Crippen LogP contribution is 2.69. The molecule has 0 radical (unpaired) electrons. The number of carbonyl (C=O) groups excluding carboxylic acids is 2. The molecule has 9 N–H and O–H groups in total. The van der Waals surface area contributed by atoms with Crippen LogP contribution in [0.4, 0.5) is 9.18 Å². The topological polar surface area (TPSA) is 334 Å². The summed E-state index contributed by atoms with van der Waals surface area (Å²) in [6.45, 7) is 2.04. The number of H-pyrrole nitrogens is 1. The van der Waals surface area contributed by atoms with E-state index >= 15 is 0 Å². The molecule has 1 fully saturated rings. The molecule has 1 aromatic heterocycles. The highest BCUT2D eigenvalue weighted by atomic mass is 35.5. The number of hydrogen-bond donors (Lipinski definition) is 5. The fraction of sp³-hybridized carbons (Fsp3) is 0.600. The highest BCUT2D eigenvalue weighted by molar-refractivity contribution is 7.67. The molecular formula is C45H71ClFN4O18P3. The molecule has 408 valence electrons. The number of alkyl halides is 1. The molecule has 0 bridgehead atoms. The van der Waals surface area contributed by atoms with Crippen LogP contribution in [0.5, 0.6) is 11.5 Å². The summed E-state index contributed by atoms with van der Waals surface area (Å²) in [5.74, 6) is -0.150. The van der Waals surface area contributed by atoms with Crippen LogP contribution < -0.4 is 33.0 Å². The van der Waals surface area contributed by atoms with Crippen molar-refractivity contribution in [3.05, 3.63) is 91.7 Å². The first-order valence-electron chi connectivity index (χ1n) is 23.6. The third kappa shape index (κ3) is 24.6. The Kier molecular flexibility index (Phi) is 29.8. The van der Waals surface area contributed by atoms with Crippen LogP contribution in [0.25, 0.3) is 0 Å². The maximum absolute atomic E-state index is 14.9. The number of hydrogen-bond acceptors (Lipinski definition) is 18. The first-order chi connectivity index (χ1) is 33.4. The van der Waals surface area contributed by atoms with Gasteiger partial charge in [-0.15, -0.1) is 0 Å². The molecule has 2 heterocycles.